The summed E-state index contributed by atoms with van der Waals surface area (Å²) < 4.78 is 5.21. The van der Waals surface area contributed by atoms with Gasteiger partial charge in [-0.1, -0.05) is 11.6 Å². The van der Waals surface area contributed by atoms with E-state index in [1.54, 1.807) is 13.2 Å². The first kappa shape index (κ1) is 13.6. The molecule has 1 N–H and O–H groups in total. The molecule has 0 heterocycles. The molecule has 0 fully saturated rings. The fraction of sp³-hybridized carbons (Fsp3) is 0.500. The maximum atomic E-state index is 9.79. The highest BCUT2D eigenvalue weighted by Crippen LogP contribution is 2.24. The van der Waals surface area contributed by atoms with Crippen molar-refractivity contribution in [3.8, 4) is 5.75 Å². The molecular formula is C12H16Cl2O2. The number of hydrogen-bond acceptors (Lipinski definition) is 2. The van der Waals surface area contributed by atoms with Crippen molar-refractivity contribution in [2.45, 2.75) is 25.4 Å². The molecule has 16 heavy (non-hydrogen) atoms. The van der Waals surface area contributed by atoms with Gasteiger partial charge in [0.2, 0.25) is 0 Å². The third kappa shape index (κ3) is 4.20. The van der Waals surface area contributed by atoms with Crippen molar-refractivity contribution in [3.05, 3.63) is 28.8 Å². The second-order valence-corrected chi connectivity index (χ2v) is 4.46. The van der Waals surface area contributed by atoms with E-state index in [0.29, 0.717) is 23.7 Å². The predicted molar refractivity (Wildman–Crippen MR) is 67.7 cm³/mol. The number of ether oxygens (including phenoxy) is 1. The van der Waals surface area contributed by atoms with Gasteiger partial charge in [0.25, 0.3) is 0 Å². The highest BCUT2D eigenvalue weighted by molar-refractivity contribution is 6.30. The molecule has 0 radical (unpaired) electrons. The molecule has 0 aromatic heterocycles. The van der Waals surface area contributed by atoms with Gasteiger partial charge in [0.15, 0.2) is 0 Å². The van der Waals surface area contributed by atoms with Crippen LogP contribution >= 0.6 is 23.2 Å². The maximum absolute atomic E-state index is 9.79. The molecule has 90 valence electrons. The zero-order chi connectivity index (χ0) is 12.0. The van der Waals surface area contributed by atoms with E-state index in [2.05, 4.69) is 0 Å². The summed E-state index contributed by atoms with van der Waals surface area (Å²) in [4.78, 5) is 0. The van der Waals surface area contributed by atoms with E-state index in [1.165, 1.54) is 0 Å². The van der Waals surface area contributed by atoms with Gasteiger partial charge in [-0.25, -0.2) is 0 Å². The van der Waals surface area contributed by atoms with Crippen LogP contribution in [0.2, 0.25) is 5.02 Å². The first-order valence-electron chi connectivity index (χ1n) is 5.23. The summed E-state index contributed by atoms with van der Waals surface area (Å²) >= 11 is 11.5. The Balaban J connectivity index is 2.67. The van der Waals surface area contributed by atoms with Crippen LogP contribution in [0, 0.1) is 0 Å². The van der Waals surface area contributed by atoms with Gasteiger partial charge in [0, 0.05) is 17.3 Å². The molecule has 0 aliphatic rings. The lowest BCUT2D eigenvalue weighted by molar-refractivity contribution is 0.163. The number of benzene rings is 1. The second kappa shape index (κ2) is 7.00. The van der Waals surface area contributed by atoms with Gasteiger partial charge in [-0.3, -0.25) is 0 Å². The molecule has 1 atom stereocenters. The van der Waals surface area contributed by atoms with Crippen LogP contribution in [0.1, 0.15) is 18.4 Å². The molecule has 4 heteroatoms. The van der Waals surface area contributed by atoms with E-state index in [4.69, 9.17) is 27.9 Å². The van der Waals surface area contributed by atoms with Crippen LogP contribution in [0.25, 0.3) is 0 Å². The van der Waals surface area contributed by atoms with E-state index in [-0.39, 0.29) is 0 Å². The third-order valence-corrected chi connectivity index (χ3v) is 2.87. The Morgan fingerprint density at radius 3 is 2.81 bits per heavy atom. The minimum atomic E-state index is -0.397. The molecule has 0 aliphatic carbocycles. The molecule has 1 aromatic carbocycles. The molecule has 0 bridgehead atoms. The summed E-state index contributed by atoms with van der Waals surface area (Å²) in [5.74, 6) is 1.33. The second-order valence-electron chi connectivity index (χ2n) is 3.65. The van der Waals surface area contributed by atoms with Crippen LogP contribution in [0.4, 0.5) is 0 Å². The topological polar surface area (TPSA) is 29.5 Å². The van der Waals surface area contributed by atoms with E-state index in [0.717, 1.165) is 17.7 Å². The molecule has 1 rings (SSSR count). The first-order chi connectivity index (χ1) is 7.67. The van der Waals surface area contributed by atoms with Crippen molar-refractivity contribution in [2.75, 3.05) is 13.0 Å². The lowest BCUT2D eigenvalue weighted by Gasteiger charge is -2.13. The monoisotopic (exact) mass is 262 g/mol. The zero-order valence-corrected chi connectivity index (χ0v) is 10.8. The summed E-state index contributed by atoms with van der Waals surface area (Å²) in [5.41, 5.74) is 0.928. The molecule has 0 saturated carbocycles. The van der Waals surface area contributed by atoms with Gasteiger partial charge in [0.1, 0.15) is 5.75 Å². The van der Waals surface area contributed by atoms with Crippen LogP contribution in [0.3, 0.4) is 0 Å². The SMILES string of the molecule is COc1ccc(Cl)cc1CC(O)CCCCl. The minimum Gasteiger partial charge on any atom is -0.496 e. The van der Waals surface area contributed by atoms with Crippen molar-refractivity contribution in [2.24, 2.45) is 0 Å². The molecule has 0 amide bonds. The van der Waals surface area contributed by atoms with Crippen molar-refractivity contribution in [1.29, 1.82) is 0 Å². The summed E-state index contributed by atoms with van der Waals surface area (Å²) in [5, 5.41) is 10.4. The Bertz CT molecular complexity index is 329. The standard InChI is InChI=1S/C12H16Cl2O2/c1-16-12-5-4-10(14)7-9(12)8-11(15)3-2-6-13/h4-5,7,11,15H,2-3,6,8H2,1H3. The first-order valence-corrected chi connectivity index (χ1v) is 6.15. The molecular weight excluding hydrogens is 247 g/mol. The van der Waals surface area contributed by atoms with Crippen molar-refractivity contribution in [1.82, 2.24) is 0 Å². The number of aliphatic hydroxyl groups excluding tert-OH is 1. The summed E-state index contributed by atoms with van der Waals surface area (Å²) in [6, 6.07) is 5.41. The van der Waals surface area contributed by atoms with Gasteiger partial charge < -0.3 is 9.84 Å². The average Bonchev–Trinajstić information content (AvgIpc) is 2.27. The molecule has 1 aromatic rings. The summed E-state index contributed by atoms with van der Waals surface area (Å²) in [7, 11) is 1.61. The predicted octanol–water partition coefficient (Wildman–Crippen LogP) is 3.27. The number of halogens is 2. The number of aliphatic hydroxyl groups is 1. The van der Waals surface area contributed by atoms with Gasteiger partial charge in [-0.15, -0.1) is 11.6 Å². The van der Waals surface area contributed by atoms with Crippen LogP contribution < -0.4 is 4.74 Å². The molecule has 1 unspecified atom stereocenters. The Morgan fingerprint density at radius 2 is 2.19 bits per heavy atom. The normalized spacial score (nSPS) is 12.5. The fourth-order valence-corrected chi connectivity index (χ4v) is 1.92. The van der Waals surface area contributed by atoms with E-state index in [1.807, 2.05) is 12.1 Å². The number of rotatable bonds is 6. The van der Waals surface area contributed by atoms with Crippen molar-refractivity contribution >= 4 is 23.2 Å². The third-order valence-electron chi connectivity index (χ3n) is 2.37. The molecule has 0 saturated heterocycles. The smallest absolute Gasteiger partial charge is 0.122 e. The lowest BCUT2D eigenvalue weighted by Crippen LogP contribution is -2.11. The average molecular weight is 263 g/mol. The van der Waals surface area contributed by atoms with Crippen molar-refractivity contribution < 1.29 is 9.84 Å². The van der Waals surface area contributed by atoms with Gasteiger partial charge >= 0.3 is 0 Å². The van der Waals surface area contributed by atoms with Crippen LogP contribution in [-0.4, -0.2) is 24.2 Å². The molecule has 2 nitrogen and oxygen atoms in total. The number of alkyl halides is 1. The summed E-state index contributed by atoms with van der Waals surface area (Å²) in [6.45, 7) is 0. The highest BCUT2D eigenvalue weighted by Gasteiger charge is 2.10. The van der Waals surface area contributed by atoms with Crippen LogP contribution in [0.15, 0.2) is 18.2 Å². The summed E-state index contributed by atoms with van der Waals surface area (Å²) in [6.07, 6.45) is 1.65. The minimum absolute atomic E-state index is 0.397. The largest absolute Gasteiger partial charge is 0.496 e. The van der Waals surface area contributed by atoms with E-state index in [9.17, 15) is 5.11 Å². The Labute approximate surface area is 106 Å². The van der Waals surface area contributed by atoms with Crippen molar-refractivity contribution in [3.63, 3.8) is 0 Å². The quantitative estimate of drug-likeness (QED) is 0.798. The maximum Gasteiger partial charge on any atom is 0.122 e. The van der Waals surface area contributed by atoms with E-state index < -0.39 is 6.10 Å². The van der Waals surface area contributed by atoms with E-state index >= 15 is 0 Å². The van der Waals surface area contributed by atoms with Gasteiger partial charge in [-0.2, -0.15) is 0 Å². The Kier molecular flexibility index (Phi) is 5.96. The molecule has 0 aliphatic heterocycles. The van der Waals surface area contributed by atoms with Crippen LogP contribution in [0.5, 0.6) is 5.75 Å². The Morgan fingerprint density at radius 1 is 1.44 bits per heavy atom. The van der Waals surface area contributed by atoms with Gasteiger partial charge in [-0.05, 0) is 36.6 Å². The lowest BCUT2D eigenvalue weighted by atomic mass is 10.0. The highest BCUT2D eigenvalue weighted by atomic mass is 35.5. The number of hydrogen-bond donors (Lipinski definition) is 1. The zero-order valence-electron chi connectivity index (χ0n) is 9.25. The van der Waals surface area contributed by atoms with Gasteiger partial charge in [0.05, 0.1) is 13.2 Å². The fourth-order valence-electron chi connectivity index (χ4n) is 1.58. The van der Waals surface area contributed by atoms with Crippen LogP contribution in [-0.2, 0) is 6.42 Å². The molecule has 0 spiro atoms. The number of methoxy groups -OCH3 is 1. The Hall–Kier alpha value is -0.440.